The summed E-state index contributed by atoms with van der Waals surface area (Å²) in [6.07, 6.45) is 0.716. The van der Waals surface area contributed by atoms with Gasteiger partial charge in [-0.05, 0) is 111 Å². The Bertz CT molecular complexity index is 1170. The van der Waals surface area contributed by atoms with Crippen LogP contribution in [-0.4, -0.2) is 37.0 Å². The van der Waals surface area contributed by atoms with Crippen molar-refractivity contribution in [3.05, 3.63) is 86.4 Å². The largest absolute Gasteiger partial charge is 0.456 e. The molecule has 1 saturated heterocycles. The van der Waals surface area contributed by atoms with Crippen LogP contribution >= 0.6 is 0 Å². The molecule has 1 aromatic heterocycles. The Morgan fingerprint density at radius 3 is 2.03 bits per heavy atom. The monoisotopic (exact) mass is 444 g/mol. The van der Waals surface area contributed by atoms with Gasteiger partial charge in [0.15, 0.2) is 5.76 Å². The van der Waals surface area contributed by atoms with Gasteiger partial charge in [-0.15, -0.1) is 0 Å². The number of nitrogens with zero attached hydrogens (tertiary/aromatic N) is 2. The number of benzene rings is 2. The van der Waals surface area contributed by atoms with Crippen LogP contribution in [0.1, 0.15) is 60.8 Å². The lowest BCUT2D eigenvalue weighted by Gasteiger charge is -2.36. The van der Waals surface area contributed by atoms with Crippen molar-refractivity contribution in [2.75, 3.05) is 31.1 Å². The first-order chi connectivity index (χ1) is 15.7. The average molecular weight is 445 g/mol. The Labute approximate surface area is 198 Å². The third-order valence-corrected chi connectivity index (χ3v) is 7.65. The van der Waals surface area contributed by atoms with Gasteiger partial charge >= 0.3 is 0 Å². The number of furan rings is 1. The Balaban J connectivity index is 1.45. The van der Waals surface area contributed by atoms with Crippen molar-refractivity contribution in [2.24, 2.45) is 0 Å². The van der Waals surface area contributed by atoms with E-state index in [4.69, 9.17) is 4.42 Å². The summed E-state index contributed by atoms with van der Waals surface area (Å²) in [4.78, 5) is 17.4. The molecule has 0 atom stereocenters. The molecular formula is C29H36N2O2. The molecule has 174 valence electrons. The fourth-order valence-corrected chi connectivity index (χ4v) is 4.97. The molecule has 0 spiro atoms. The summed E-state index contributed by atoms with van der Waals surface area (Å²) in [6.45, 7) is 18.3. The second-order valence-corrected chi connectivity index (χ2v) is 9.62. The maximum atomic E-state index is 13.1. The summed E-state index contributed by atoms with van der Waals surface area (Å²) in [5.74, 6) is 1.29. The van der Waals surface area contributed by atoms with Crippen LogP contribution in [0.3, 0.4) is 0 Å². The standard InChI is InChI=1S/C29H36N2O2/c1-18-8-9-19(2)27(16-18)30-12-14-31(15-13-30)29(32)28-11-10-25(33-28)17-26-23(6)21(4)20(3)22(5)24(26)7/h8-11,16H,12-15,17H2,1-7H3. The maximum absolute atomic E-state index is 13.1. The predicted octanol–water partition coefficient (Wildman–Crippen LogP) is 5.99. The minimum absolute atomic E-state index is 0.00780. The molecular weight excluding hydrogens is 408 g/mol. The van der Waals surface area contributed by atoms with Crippen LogP contribution in [0.4, 0.5) is 5.69 Å². The highest BCUT2D eigenvalue weighted by Crippen LogP contribution is 2.29. The number of hydrogen-bond donors (Lipinski definition) is 0. The number of amides is 1. The molecule has 3 aromatic rings. The van der Waals surface area contributed by atoms with Crippen molar-refractivity contribution in [2.45, 2.75) is 54.9 Å². The molecule has 1 aliphatic rings. The zero-order chi connectivity index (χ0) is 23.9. The minimum Gasteiger partial charge on any atom is -0.456 e. The molecule has 1 fully saturated rings. The SMILES string of the molecule is Cc1ccc(C)c(N2CCN(C(=O)c3ccc(Cc4c(C)c(C)c(C)c(C)c4C)o3)CC2)c1. The number of piperazine rings is 1. The summed E-state index contributed by atoms with van der Waals surface area (Å²) in [7, 11) is 0. The summed E-state index contributed by atoms with van der Waals surface area (Å²) in [5, 5.41) is 0. The summed E-state index contributed by atoms with van der Waals surface area (Å²) < 4.78 is 6.06. The summed E-state index contributed by atoms with van der Waals surface area (Å²) >= 11 is 0. The lowest BCUT2D eigenvalue weighted by molar-refractivity contribution is 0.0713. The molecule has 0 saturated carbocycles. The van der Waals surface area contributed by atoms with E-state index >= 15 is 0 Å². The third-order valence-electron chi connectivity index (χ3n) is 7.65. The molecule has 0 unspecified atom stereocenters. The molecule has 0 radical (unpaired) electrons. The van der Waals surface area contributed by atoms with Gasteiger partial charge in [-0.2, -0.15) is 0 Å². The van der Waals surface area contributed by atoms with E-state index in [0.29, 0.717) is 25.3 Å². The number of carbonyl (C=O) groups is 1. The van der Waals surface area contributed by atoms with Crippen LogP contribution in [-0.2, 0) is 6.42 Å². The predicted molar refractivity (Wildman–Crippen MR) is 136 cm³/mol. The van der Waals surface area contributed by atoms with Crippen LogP contribution in [0.25, 0.3) is 0 Å². The van der Waals surface area contributed by atoms with Crippen LogP contribution in [0.15, 0.2) is 34.7 Å². The second kappa shape index (κ2) is 9.09. The van der Waals surface area contributed by atoms with E-state index in [1.54, 1.807) is 0 Å². The Morgan fingerprint density at radius 1 is 0.788 bits per heavy atom. The normalized spacial score (nSPS) is 14.2. The van der Waals surface area contributed by atoms with Crippen molar-refractivity contribution >= 4 is 11.6 Å². The van der Waals surface area contributed by atoms with Crippen molar-refractivity contribution < 1.29 is 9.21 Å². The number of hydrogen-bond acceptors (Lipinski definition) is 3. The number of aryl methyl sites for hydroxylation is 2. The Kier molecular flexibility index (Phi) is 6.38. The quantitative estimate of drug-likeness (QED) is 0.496. The van der Waals surface area contributed by atoms with Gasteiger partial charge in [0.1, 0.15) is 5.76 Å². The molecule has 33 heavy (non-hydrogen) atoms. The van der Waals surface area contributed by atoms with E-state index in [2.05, 4.69) is 71.6 Å². The van der Waals surface area contributed by atoms with Crippen molar-refractivity contribution in [1.82, 2.24) is 4.90 Å². The molecule has 4 rings (SSSR count). The Morgan fingerprint density at radius 2 is 1.39 bits per heavy atom. The average Bonchev–Trinajstić information content (AvgIpc) is 3.29. The first-order valence-corrected chi connectivity index (χ1v) is 11.9. The zero-order valence-electron chi connectivity index (χ0n) is 21.1. The first kappa shape index (κ1) is 23.2. The van der Waals surface area contributed by atoms with Crippen LogP contribution in [0.5, 0.6) is 0 Å². The van der Waals surface area contributed by atoms with Gasteiger partial charge in [0, 0.05) is 38.3 Å². The fourth-order valence-electron chi connectivity index (χ4n) is 4.97. The molecule has 1 aliphatic heterocycles. The number of rotatable bonds is 4. The van der Waals surface area contributed by atoms with Crippen molar-refractivity contribution in [3.8, 4) is 0 Å². The molecule has 0 bridgehead atoms. The van der Waals surface area contributed by atoms with Crippen molar-refractivity contribution in [1.29, 1.82) is 0 Å². The maximum Gasteiger partial charge on any atom is 0.289 e. The van der Waals surface area contributed by atoms with E-state index in [1.807, 2.05) is 17.0 Å². The molecule has 4 heteroatoms. The highest BCUT2D eigenvalue weighted by molar-refractivity contribution is 5.91. The van der Waals surface area contributed by atoms with Gasteiger partial charge in [0.25, 0.3) is 5.91 Å². The first-order valence-electron chi connectivity index (χ1n) is 11.9. The van der Waals surface area contributed by atoms with Crippen LogP contribution in [0, 0.1) is 48.5 Å². The second-order valence-electron chi connectivity index (χ2n) is 9.62. The molecule has 0 aliphatic carbocycles. The molecule has 2 heterocycles. The van der Waals surface area contributed by atoms with Gasteiger partial charge < -0.3 is 14.2 Å². The van der Waals surface area contributed by atoms with Gasteiger partial charge in [-0.25, -0.2) is 0 Å². The van der Waals surface area contributed by atoms with E-state index in [-0.39, 0.29) is 5.91 Å². The van der Waals surface area contributed by atoms with E-state index in [0.717, 1.165) is 18.8 Å². The Hall–Kier alpha value is -3.01. The summed E-state index contributed by atoms with van der Waals surface area (Å²) in [5.41, 5.74) is 11.8. The fraction of sp³-hybridized carbons (Fsp3) is 0.414. The van der Waals surface area contributed by atoms with Gasteiger partial charge in [0.05, 0.1) is 0 Å². The molecule has 0 N–H and O–H groups in total. The van der Waals surface area contributed by atoms with Gasteiger partial charge in [-0.1, -0.05) is 12.1 Å². The molecule has 1 amide bonds. The van der Waals surface area contributed by atoms with Gasteiger partial charge in [-0.3, -0.25) is 4.79 Å². The zero-order valence-corrected chi connectivity index (χ0v) is 21.1. The highest BCUT2D eigenvalue weighted by Gasteiger charge is 2.25. The van der Waals surface area contributed by atoms with Crippen LogP contribution < -0.4 is 4.90 Å². The number of carbonyl (C=O) groups excluding carboxylic acids is 1. The molecule has 4 nitrogen and oxygen atoms in total. The van der Waals surface area contributed by atoms with Crippen LogP contribution in [0.2, 0.25) is 0 Å². The van der Waals surface area contributed by atoms with E-state index in [9.17, 15) is 4.79 Å². The third kappa shape index (κ3) is 4.44. The topological polar surface area (TPSA) is 36.7 Å². The summed E-state index contributed by atoms with van der Waals surface area (Å²) in [6, 6.07) is 10.4. The highest BCUT2D eigenvalue weighted by atomic mass is 16.4. The van der Waals surface area contributed by atoms with Gasteiger partial charge in [0.2, 0.25) is 0 Å². The smallest absolute Gasteiger partial charge is 0.289 e. The van der Waals surface area contributed by atoms with Crippen molar-refractivity contribution in [3.63, 3.8) is 0 Å². The minimum atomic E-state index is -0.00780. The lowest BCUT2D eigenvalue weighted by atomic mass is 9.88. The van der Waals surface area contributed by atoms with E-state index in [1.165, 1.54) is 50.2 Å². The number of anilines is 1. The molecule has 2 aromatic carbocycles. The van der Waals surface area contributed by atoms with E-state index < -0.39 is 0 Å². The lowest BCUT2D eigenvalue weighted by Crippen LogP contribution is -2.49.